The SMILES string of the molecule is C[C@@H]1Cc2cc(I)ccc2CN1. The Morgan fingerprint density at radius 2 is 2.25 bits per heavy atom. The van der Waals surface area contributed by atoms with E-state index < -0.39 is 0 Å². The summed E-state index contributed by atoms with van der Waals surface area (Å²) in [5.74, 6) is 0. The Morgan fingerprint density at radius 1 is 1.42 bits per heavy atom. The van der Waals surface area contributed by atoms with Gasteiger partial charge in [0, 0.05) is 16.2 Å². The number of hydrogen-bond donors (Lipinski definition) is 1. The molecule has 0 radical (unpaired) electrons. The topological polar surface area (TPSA) is 12.0 Å². The van der Waals surface area contributed by atoms with Crippen molar-refractivity contribution in [1.82, 2.24) is 5.32 Å². The quantitative estimate of drug-likeness (QED) is 0.715. The Bertz CT molecular complexity index is 296. The van der Waals surface area contributed by atoms with E-state index in [2.05, 4.69) is 53.0 Å². The van der Waals surface area contributed by atoms with Gasteiger partial charge in [0.15, 0.2) is 0 Å². The summed E-state index contributed by atoms with van der Waals surface area (Å²) in [6.45, 7) is 3.27. The summed E-state index contributed by atoms with van der Waals surface area (Å²) < 4.78 is 1.35. The minimum atomic E-state index is 0.635. The highest BCUT2D eigenvalue weighted by Crippen LogP contribution is 2.19. The Balaban J connectivity index is 2.37. The lowest BCUT2D eigenvalue weighted by Crippen LogP contribution is -2.32. The van der Waals surface area contributed by atoms with Crippen molar-refractivity contribution in [3.63, 3.8) is 0 Å². The van der Waals surface area contributed by atoms with Crippen LogP contribution in [0, 0.1) is 3.57 Å². The largest absolute Gasteiger partial charge is 0.310 e. The lowest BCUT2D eigenvalue weighted by molar-refractivity contribution is 0.513. The highest BCUT2D eigenvalue weighted by atomic mass is 127. The van der Waals surface area contributed by atoms with Crippen LogP contribution in [0.5, 0.6) is 0 Å². The van der Waals surface area contributed by atoms with Crippen LogP contribution in [-0.2, 0) is 13.0 Å². The van der Waals surface area contributed by atoms with Crippen LogP contribution in [0.1, 0.15) is 18.1 Å². The third-order valence-electron chi connectivity index (χ3n) is 2.34. The van der Waals surface area contributed by atoms with Crippen LogP contribution in [-0.4, -0.2) is 6.04 Å². The van der Waals surface area contributed by atoms with Gasteiger partial charge in [-0.2, -0.15) is 0 Å². The fourth-order valence-corrected chi connectivity index (χ4v) is 2.20. The molecule has 0 aromatic heterocycles. The molecule has 0 unspecified atom stereocenters. The summed E-state index contributed by atoms with van der Waals surface area (Å²) in [5.41, 5.74) is 2.99. The monoisotopic (exact) mass is 273 g/mol. The van der Waals surface area contributed by atoms with Gasteiger partial charge in [0.25, 0.3) is 0 Å². The van der Waals surface area contributed by atoms with Gasteiger partial charge in [-0.1, -0.05) is 6.07 Å². The average molecular weight is 273 g/mol. The predicted molar refractivity (Wildman–Crippen MR) is 59.2 cm³/mol. The standard InChI is InChI=1S/C10H12IN/c1-7-4-9-5-10(11)3-2-8(9)6-12-7/h2-3,5,7,12H,4,6H2,1H3/t7-/m1/s1. The molecule has 1 aliphatic heterocycles. The molecule has 2 rings (SSSR count). The first kappa shape index (κ1) is 8.51. The van der Waals surface area contributed by atoms with Crippen LogP contribution in [0.4, 0.5) is 0 Å². The van der Waals surface area contributed by atoms with E-state index in [0.29, 0.717) is 6.04 Å². The first-order chi connectivity index (χ1) is 5.75. The van der Waals surface area contributed by atoms with Crippen molar-refractivity contribution >= 4 is 22.6 Å². The van der Waals surface area contributed by atoms with Crippen LogP contribution in [0.15, 0.2) is 18.2 Å². The van der Waals surface area contributed by atoms with Crippen LogP contribution in [0.3, 0.4) is 0 Å². The molecule has 0 amide bonds. The number of rotatable bonds is 0. The van der Waals surface area contributed by atoms with Crippen LogP contribution in [0.2, 0.25) is 0 Å². The molecular formula is C10H12IN. The molecule has 64 valence electrons. The van der Waals surface area contributed by atoms with Gasteiger partial charge < -0.3 is 5.32 Å². The van der Waals surface area contributed by atoms with E-state index in [1.165, 1.54) is 21.1 Å². The Labute approximate surface area is 86.7 Å². The third kappa shape index (κ3) is 1.64. The fraction of sp³-hybridized carbons (Fsp3) is 0.400. The molecule has 0 fully saturated rings. The molecule has 0 aliphatic carbocycles. The molecule has 1 aromatic rings. The zero-order valence-corrected chi connectivity index (χ0v) is 9.26. The highest BCUT2D eigenvalue weighted by Gasteiger charge is 2.13. The molecular weight excluding hydrogens is 261 g/mol. The summed E-state index contributed by atoms with van der Waals surface area (Å²) >= 11 is 2.37. The van der Waals surface area contributed by atoms with Gasteiger partial charge in [0.1, 0.15) is 0 Å². The van der Waals surface area contributed by atoms with Crippen molar-refractivity contribution in [3.05, 3.63) is 32.9 Å². The van der Waals surface area contributed by atoms with Crippen molar-refractivity contribution in [2.75, 3.05) is 0 Å². The number of hydrogen-bond acceptors (Lipinski definition) is 1. The van der Waals surface area contributed by atoms with Gasteiger partial charge >= 0.3 is 0 Å². The molecule has 1 N–H and O–H groups in total. The van der Waals surface area contributed by atoms with Crippen molar-refractivity contribution in [2.45, 2.75) is 25.9 Å². The Hall–Kier alpha value is -0.0900. The van der Waals surface area contributed by atoms with E-state index >= 15 is 0 Å². The van der Waals surface area contributed by atoms with Crippen molar-refractivity contribution in [1.29, 1.82) is 0 Å². The van der Waals surface area contributed by atoms with Crippen molar-refractivity contribution in [2.24, 2.45) is 0 Å². The van der Waals surface area contributed by atoms with Gasteiger partial charge in [-0.15, -0.1) is 0 Å². The molecule has 1 heterocycles. The predicted octanol–water partition coefficient (Wildman–Crippen LogP) is 2.33. The normalized spacial score (nSPS) is 22.0. The maximum Gasteiger partial charge on any atom is 0.0210 e. The summed E-state index contributed by atoms with van der Waals surface area (Å²) in [4.78, 5) is 0. The minimum absolute atomic E-state index is 0.635. The average Bonchev–Trinajstić information content (AvgIpc) is 2.03. The van der Waals surface area contributed by atoms with Crippen molar-refractivity contribution in [3.8, 4) is 0 Å². The molecule has 0 saturated carbocycles. The van der Waals surface area contributed by atoms with E-state index in [1.807, 2.05) is 0 Å². The number of fused-ring (bicyclic) bond motifs is 1. The number of halogens is 1. The first-order valence-electron chi connectivity index (χ1n) is 4.26. The Kier molecular flexibility index (Phi) is 2.37. The summed E-state index contributed by atoms with van der Waals surface area (Å²) in [6.07, 6.45) is 1.17. The third-order valence-corrected chi connectivity index (χ3v) is 3.01. The van der Waals surface area contributed by atoms with Gasteiger partial charge in [0.2, 0.25) is 0 Å². The van der Waals surface area contributed by atoms with Crippen LogP contribution < -0.4 is 5.32 Å². The minimum Gasteiger partial charge on any atom is -0.310 e. The molecule has 1 atom stereocenters. The van der Waals surface area contributed by atoms with Crippen LogP contribution >= 0.6 is 22.6 Å². The first-order valence-corrected chi connectivity index (χ1v) is 5.34. The van der Waals surface area contributed by atoms with E-state index in [9.17, 15) is 0 Å². The highest BCUT2D eigenvalue weighted by molar-refractivity contribution is 14.1. The maximum absolute atomic E-state index is 3.46. The van der Waals surface area contributed by atoms with E-state index in [0.717, 1.165) is 6.54 Å². The molecule has 2 heteroatoms. The second-order valence-corrected chi connectivity index (χ2v) is 4.64. The smallest absolute Gasteiger partial charge is 0.0210 e. The van der Waals surface area contributed by atoms with Gasteiger partial charge in [-0.3, -0.25) is 0 Å². The summed E-state index contributed by atoms with van der Waals surface area (Å²) in [6, 6.07) is 7.34. The second kappa shape index (κ2) is 3.34. The number of nitrogens with one attached hydrogen (secondary N) is 1. The lowest BCUT2D eigenvalue weighted by atomic mass is 9.97. The van der Waals surface area contributed by atoms with E-state index in [4.69, 9.17) is 0 Å². The molecule has 0 saturated heterocycles. The molecule has 1 nitrogen and oxygen atoms in total. The molecule has 0 bridgehead atoms. The molecule has 1 aromatic carbocycles. The summed E-state index contributed by atoms with van der Waals surface area (Å²) in [7, 11) is 0. The zero-order valence-electron chi connectivity index (χ0n) is 7.10. The summed E-state index contributed by atoms with van der Waals surface area (Å²) in [5, 5.41) is 3.46. The molecule has 0 spiro atoms. The molecule has 1 aliphatic rings. The number of benzene rings is 1. The maximum atomic E-state index is 3.46. The van der Waals surface area contributed by atoms with E-state index in [-0.39, 0.29) is 0 Å². The Morgan fingerprint density at radius 3 is 3.08 bits per heavy atom. The van der Waals surface area contributed by atoms with Crippen LogP contribution in [0.25, 0.3) is 0 Å². The fourth-order valence-electron chi connectivity index (χ4n) is 1.64. The molecule has 12 heavy (non-hydrogen) atoms. The lowest BCUT2D eigenvalue weighted by Gasteiger charge is -2.23. The van der Waals surface area contributed by atoms with Gasteiger partial charge in [0.05, 0.1) is 0 Å². The second-order valence-electron chi connectivity index (χ2n) is 3.40. The zero-order chi connectivity index (χ0) is 8.55. The van der Waals surface area contributed by atoms with Gasteiger partial charge in [-0.25, -0.2) is 0 Å². The van der Waals surface area contributed by atoms with Gasteiger partial charge in [-0.05, 0) is 59.2 Å². The van der Waals surface area contributed by atoms with E-state index in [1.54, 1.807) is 0 Å². The van der Waals surface area contributed by atoms with Crippen molar-refractivity contribution < 1.29 is 0 Å².